The van der Waals surface area contributed by atoms with Crippen molar-refractivity contribution in [1.29, 1.82) is 0 Å². The normalized spacial score (nSPS) is 27.7. The lowest BCUT2D eigenvalue weighted by Gasteiger charge is -2.21. The summed E-state index contributed by atoms with van der Waals surface area (Å²) in [7, 11) is -2.82. The zero-order valence-electron chi connectivity index (χ0n) is 17.0. The lowest BCUT2D eigenvalue weighted by Crippen LogP contribution is -2.38. The molecule has 1 aliphatic heterocycles. The van der Waals surface area contributed by atoms with Crippen LogP contribution in [0.2, 0.25) is 5.28 Å². The fourth-order valence-electron chi connectivity index (χ4n) is 3.73. The lowest BCUT2D eigenvalue weighted by molar-refractivity contribution is -0.0296. The molecule has 0 unspecified atom stereocenters. The predicted molar refractivity (Wildman–Crippen MR) is 111 cm³/mol. The molecule has 2 heterocycles. The van der Waals surface area contributed by atoms with Gasteiger partial charge in [-0.2, -0.15) is 4.98 Å². The van der Waals surface area contributed by atoms with E-state index in [0.29, 0.717) is 11.3 Å². The fourth-order valence-corrected chi connectivity index (χ4v) is 4.23. The average molecular weight is 480 g/mol. The van der Waals surface area contributed by atoms with Gasteiger partial charge in [0.1, 0.15) is 30.8 Å². The van der Waals surface area contributed by atoms with Gasteiger partial charge in [-0.1, -0.05) is 19.4 Å². The molecule has 1 saturated carbocycles. The quantitative estimate of drug-likeness (QED) is 0.318. The van der Waals surface area contributed by atoms with Crippen LogP contribution in [0.25, 0.3) is 5.70 Å². The van der Waals surface area contributed by atoms with E-state index in [9.17, 15) is 14.8 Å². The van der Waals surface area contributed by atoms with Gasteiger partial charge in [-0.15, -0.1) is 5.10 Å². The van der Waals surface area contributed by atoms with E-state index in [4.69, 9.17) is 30.9 Å². The number of aliphatic hydroxyl groups excluding tert-OH is 2. The Morgan fingerprint density at radius 3 is 2.68 bits per heavy atom. The first-order valence-corrected chi connectivity index (χ1v) is 12.0. The monoisotopic (exact) mass is 479 g/mol. The molecule has 1 aromatic rings. The summed E-state index contributed by atoms with van der Waals surface area (Å²) >= 11 is 6.11. The Hall–Kier alpha value is -1.37. The third-order valence-electron chi connectivity index (χ3n) is 5.21. The van der Waals surface area contributed by atoms with Crippen LogP contribution in [-0.4, -0.2) is 85.2 Å². The van der Waals surface area contributed by atoms with Crippen molar-refractivity contribution in [2.24, 2.45) is 4.99 Å². The van der Waals surface area contributed by atoms with Gasteiger partial charge in [-0.05, 0) is 24.4 Å². The average Bonchev–Trinajstić information content (AvgIpc) is 3.29. The lowest BCUT2D eigenvalue weighted by atomic mass is 10.1. The second-order valence-electron chi connectivity index (χ2n) is 7.55. The van der Waals surface area contributed by atoms with Crippen LogP contribution >= 0.6 is 19.2 Å². The highest BCUT2D eigenvalue weighted by molar-refractivity contribution is 7.51. The third kappa shape index (κ3) is 5.91. The van der Waals surface area contributed by atoms with Crippen LogP contribution in [0.1, 0.15) is 25.7 Å². The number of hydrogen-bond acceptors (Lipinski definition) is 9. The molecule has 0 spiro atoms. The van der Waals surface area contributed by atoms with Crippen LogP contribution in [0, 0.1) is 0 Å². The Morgan fingerprint density at radius 1 is 1.39 bits per heavy atom. The van der Waals surface area contributed by atoms with Crippen molar-refractivity contribution in [2.75, 3.05) is 25.3 Å². The number of ether oxygens (including phenoxy) is 2. The van der Waals surface area contributed by atoms with Crippen molar-refractivity contribution >= 4 is 30.7 Å². The number of hydrogen-bond donors (Lipinski definition) is 5. The van der Waals surface area contributed by atoms with Crippen LogP contribution in [0.4, 0.5) is 5.82 Å². The highest BCUT2D eigenvalue weighted by atomic mass is 35.5. The van der Waals surface area contributed by atoms with Crippen molar-refractivity contribution in [2.45, 2.75) is 56.1 Å². The van der Waals surface area contributed by atoms with Gasteiger partial charge < -0.3 is 34.8 Å². The maximum Gasteiger partial charge on any atom is 0.350 e. The summed E-state index contributed by atoms with van der Waals surface area (Å²) in [6.45, 7) is 3.60. The molecule has 2 fully saturated rings. The minimum absolute atomic E-state index is 0.0661. The number of anilines is 1. The molecule has 1 aliphatic carbocycles. The molecule has 31 heavy (non-hydrogen) atoms. The number of aliphatic hydroxyl groups is 2. The predicted octanol–water partition coefficient (Wildman–Crippen LogP) is -0.0718. The first-order chi connectivity index (χ1) is 14.6. The van der Waals surface area contributed by atoms with E-state index < -0.39 is 38.4 Å². The molecule has 1 aromatic heterocycles. The van der Waals surface area contributed by atoms with Crippen LogP contribution in [0.15, 0.2) is 11.6 Å². The molecule has 2 aliphatic rings. The molecule has 3 rings (SSSR count). The summed E-state index contributed by atoms with van der Waals surface area (Å²) in [6, 6.07) is 0.235. The van der Waals surface area contributed by atoms with Crippen molar-refractivity contribution in [3.8, 4) is 0 Å². The molecule has 1 saturated heterocycles. The molecule has 4 atom stereocenters. The molecular weight excluding hydrogens is 453 g/mol. The summed E-state index contributed by atoms with van der Waals surface area (Å²) in [4.78, 5) is 26.2. The Labute approximate surface area is 183 Å². The SMILES string of the molecule is C=C([C@@H]1O[C@H](COCP(=O)(O)O)[C@@H](O)[C@H]1O)n1nc(Cl)nc(NC2CCCC2)c1=NC. The second-order valence-corrected chi connectivity index (χ2v) is 9.47. The van der Waals surface area contributed by atoms with E-state index in [2.05, 4.69) is 27.0 Å². The number of aromatic nitrogens is 3. The zero-order chi connectivity index (χ0) is 22.8. The first-order valence-electron chi connectivity index (χ1n) is 9.80. The molecule has 0 aromatic carbocycles. The highest BCUT2D eigenvalue weighted by Crippen LogP contribution is 2.35. The van der Waals surface area contributed by atoms with Gasteiger partial charge in [0.05, 0.1) is 12.3 Å². The van der Waals surface area contributed by atoms with Crippen molar-refractivity contribution < 1.29 is 34.0 Å². The molecule has 0 bridgehead atoms. The maximum atomic E-state index is 10.9. The van der Waals surface area contributed by atoms with Gasteiger partial charge in [-0.3, -0.25) is 9.56 Å². The Kier molecular flexibility index (Phi) is 7.87. The van der Waals surface area contributed by atoms with Crippen LogP contribution in [0.5, 0.6) is 0 Å². The van der Waals surface area contributed by atoms with Gasteiger partial charge in [-0.25, -0.2) is 4.68 Å². The summed E-state index contributed by atoms with van der Waals surface area (Å²) < 4.78 is 22.8. The van der Waals surface area contributed by atoms with Gasteiger partial charge in [0, 0.05) is 13.1 Å². The largest absolute Gasteiger partial charge is 0.387 e. The van der Waals surface area contributed by atoms with E-state index >= 15 is 0 Å². The number of halogens is 1. The van der Waals surface area contributed by atoms with Gasteiger partial charge in [0.25, 0.3) is 0 Å². The van der Waals surface area contributed by atoms with Crippen molar-refractivity contribution in [3.05, 3.63) is 17.4 Å². The van der Waals surface area contributed by atoms with E-state index in [1.54, 1.807) is 7.05 Å². The van der Waals surface area contributed by atoms with Crippen molar-refractivity contribution in [1.82, 2.24) is 14.8 Å². The van der Waals surface area contributed by atoms with Gasteiger partial charge in [0.15, 0.2) is 11.3 Å². The standard InChI is InChI=1S/C17H27ClN5O7P/c1-9(14-13(25)12(24)11(30-14)7-29-8-31(26,27)28)23-16(19-2)15(21-17(18)22-23)20-10-5-3-4-6-10/h10-14,24-25H,1,3-8H2,2H3,(H,20,21,22)(H2,26,27,28)/t11-,12-,13-,14+/m1/s1. The Balaban J connectivity index is 1.80. The number of nitrogens with zero attached hydrogens (tertiary/aromatic N) is 4. The second kappa shape index (κ2) is 10.1. The summed E-state index contributed by atoms with van der Waals surface area (Å²) in [5.74, 6) is 0.421. The zero-order valence-corrected chi connectivity index (χ0v) is 18.6. The molecule has 12 nitrogen and oxygen atoms in total. The third-order valence-corrected chi connectivity index (χ3v) is 5.89. The van der Waals surface area contributed by atoms with Gasteiger partial charge in [0.2, 0.25) is 5.28 Å². The van der Waals surface area contributed by atoms with Crippen LogP contribution < -0.4 is 10.8 Å². The molecule has 14 heteroatoms. The van der Waals surface area contributed by atoms with E-state index in [1.165, 1.54) is 4.68 Å². The van der Waals surface area contributed by atoms with Crippen LogP contribution in [0.3, 0.4) is 0 Å². The Morgan fingerprint density at radius 2 is 2.06 bits per heavy atom. The first kappa shape index (κ1) is 24.3. The molecular formula is C17H27ClN5O7P. The van der Waals surface area contributed by atoms with Gasteiger partial charge >= 0.3 is 7.60 Å². The topological polar surface area (TPSA) is 172 Å². The van der Waals surface area contributed by atoms with E-state index in [1.807, 2.05) is 0 Å². The maximum absolute atomic E-state index is 10.9. The summed E-state index contributed by atoms with van der Waals surface area (Å²) in [5.41, 5.74) is 0.483. The summed E-state index contributed by atoms with van der Waals surface area (Å²) in [6.07, 6.45) is -1.46. The molecule has 0 radical (unpaired) electrons. The van der Waals surface area contributed by atoms with E-state index in [0.717, 1.165) is 25.7 Å². The minimum Gasteiger partial charge on any atom is -0.387 e. The van der Waals surface area contributed by atoms with Crippen molar-refractivity contribution in [3.63, 3.8) is 0 Å². The smallest absolute Gasteiger partial charge is 0.350 e. The Bertz CT molecular complexity index is 917. The minimum atomic E-state index is -4.37. The molecule has 174 valence electrons. The number of rotatable bonds is 8. The highest BCUT2D eigenvalue weighted by Gasteiger charge is 2.45. The number of nitrogens with one attached hydrogen (secondary N) is 1. The fraction of sp³-hybridized carbons (Fsp3) is 0.706. The summed E-state index contributed by atoms with van der Waals surface area (Å²) in [5, 5.41) is 28.1. The van der Waals surface area contributed by atoms with E-state index in [-0.39, 0.29) is 23.6 Å². The molecule has 0 amide bonds. The van der Waals surface area contributed by atoms with Crippen LogP contribution in [-0.2, 0) is 14.0 Å². The molecule has 5 N–H and O–H groups in total.